The van der Waals surface area contributed by atoms with Crippen LogP contribution in [-0.4, -0.2) is 44.2 Å². The Hall–Kier alpha value is -3.92. The number of esters is 1. The summed E-state index contributed by atoms with van der Waals surface area (Å²) >= 11 is 1.23. The van der Waals surface area contributed by atoms with Gasteiger partial charge in [-0.3, -0.25) is 10.1 Å². The normalized spacial score (nSPS) is 11.6. The third-order valence-electron chi connectivity index (χ3n) is 4.51. The summed E-state index contributed by atoms with van der Waals surface area (Å²) < 4.78 is 6.24. The predicted molar refractivity (Wildman–Crippen MR) is 114 cm³/mol. The SMILES string of the molecule is COC(=O)c1nc(NC(=O)[C@@H](c2ccccc2)n2cnnn2)sc1Cc1ccccc1. The van der Waals surface area contributed by atoms with Gasteiger partial charge in [0.05, 0.1) is 7.11 Å². The van der Waals surface area contributed by atoms with E-state index in [0.717, 1.165) is 5.56 Å². The highest BCUT2D eigenvalue weighted by Gasteiger charge is 2.26. The van der Waals surface area contributed by atoms with Gasteiger partial charge in [-0.15, -0.1) is 16.4 Å². The lowest BCUT2D eigenvalue weighted by molar-refractivity contribution is -0.118. The van der Waals surface area contributed by atoms with Crippen molar-refractivity contribution in [1.82, 2.24) is 25.2 Å². The lowest BCUT2D eigenvalue weighted by Crippen LogP contribution is -2.27. The molecule has 10 heteroatoms. The van der Waals surface area contributed by atoms with Gasteiger partial charge in [-0.25, -0.2) is 14.5 Å². The Morgan fingerprint density at radius 1 is 1.10 bits per heavy atom. The fraction of sp³-hybridized carbons (Fsp3) is 0.143. The zero-order valence-corrected chi connectivity index (χ0v) is 17.3. The number of benzene rings is 2. The van der Waals surface area contributed by atoms with Gasteiger partial charge in [0.1, 0.15) is 6.33 Å². The summed E-state index contributed by atoms with van der Waals surface area (Å²) in [6, 6.07) is 18.0. The van der Waals surface area contributed by atoms with E-state index in [1.165, 1.54) is 29.5 Å². The smallest absolute Gasteiger partial charge is 0.357 e. The van der Waals surface area contributed by atoms with Crippen LogP contribution in [0, 0.1) is 0 Å². The summed E-state index contributed by atoms with van der Waals surface area (Å²) in [5.74, 6) is -0.933. The molecule has 0 fully saturated rings. The first kappa shape index (κ1) is 20.4. The van der Waals surface area contributed by atoms with Gasteiger partial charge in [0, 0.05) is 11.3 Å². The van der Waals surface area contributed by atoms with Crippen molar-refractivity contribution in [3.05, 3.63) is 88.7 Å². The average Bonchev–Trinajstić information content (AvgIpc) is 3.45. The molecule has 156 valence electrons. The first-order valence-electron chi connectivity index (χ1n) is 9.36. The van der Waals surface area contributed by atoms with E-state index < -0.39 is 12.0 Å². The second-order valence-corrected chi connectivity index (χ2v) is 7.62. The van der Waals surface area contributed by atoms with E-state index in [9.17, 15) is 9.59 Å². The van der Waals surface area contributed by atoms with Crippen LogP contribution in [0.5, 0.6) is 0 Å². The molecule has 4 rings (SSSR count). The number of anilines is 1. The maximum atomic E-state index is 13.2. The van der Waals surface area contributed by atoms with Crippen LogP contribution >= 0.6 is 11.3 Å². The second kappa shape index (κ2) is 9.26. The molecular weight excluding hydrogens is 416 g/mol. The first-order chi connectivity index (χ1) is 15.2. The lowest BCUT2D eigenvalue weighted by Gasteiger charge is -2.15. The summed E-state index contributed by atoms with van der Waals surface area (Å²) in [4.78, 5) is 30.4. The van der Waals surface area contributed by atoms with E-state index in [1.807, 2.05) is 60.7 Å². The molecule has 2 aromatic heterocycles. The highest BCUT2D eigenvalue weighted by molar-refractivity contribution is 7.16. The largest absolute Gasteiger partial charge is 0.464 e. The number of carbonyl (C=O) groups excluding carboxylic acids is 2. The van der Waals surface area contributed by atoms with Gasteiger partial charge in [0.2, 0.25) is 0 Å². The number of hydrogen-bond donors (Lipinski definition) is 1. The Morgan fingerprint density at radius 2 is 1.81 bits per heavy atom. The number of hydrogen-bond acceptors (Lipinski definition) is 8. The molecule has 31 heavy (non-hydrogen) atoms. The average molecular weight is 434 g/mol. The molecule has 2 heterocycles. The maximum Gasteiger partial charge on any atom is 0.357 e. The van der Waals surface area contributed by atoms with Gasteiger partial charge in [-0.05, 0) is 21.6 Å². The standard InChI is InChI=1S/C21H18N6O3S/c1-30-20(29)17-16(12-14-8-4-2-5-9-14)31-21(23-17)24-19(28)18(27-13-22-25-26-27)15-10-6-3-7-11-15/h2-11,13,18H,12H2,1H3,(H,23,24,28)/t18-/m1/s1. The fourth-order valence-electron chi connectivity index (χ4n) is 3.08. The summed E-state index contributed by atoms with van der Waals surface area (Å²) in [5, 5.41) is 14.2. The van der Waals surface area contributed by atoms with E-state index >= 15 is 0 Å². The van der Waals surface area contributed by atoms with E-state index in [4.69, 9.17) is 4.74 Å². The minimum absolute atomic E-state index is 0.185. The maximum absolute atomic E-state index is 13.2. The van der Waals surface area contributed by atoms with Crippen molar-refractivity contribution < 1.29 is 14.3 Å². The van der Waals surface area contributed by atoms with Gasteiger partial charge < -0.3 is 4.74 Å². The van der Waals surface area contributed by atoms with Crippen LogP contribution in [0.15, 0.2) is 67.0 Å². The molecule has 1 amide bonds. The van der Waals surface area contributed by atoms with Crippen molar-refractivity contribution >= 4 is 28.3 Å². The molecule has 9 nitrogen and oxygen atoms in total. The van der Waals surface area contributed by atoms with E-state index in [0.29, 0.717) is 22.0 Å². The molecule has 0 saturated carbocycles. The Bertz CT molecular complexity index is 1160. The molecule has 0 bridgehead atoms. The summed E-state index contributed by atoms with van der Waals surface area (Å²) in [6.45, 7) is 0. The van der Waals surface area contributed by atoms with Gasteiger partial charge in [0.25, 0.3) is 5.91 Å². The number of tetrazole rings is 1. The molecule has 0 unspecified atom stereocenters. The van der Waals surface area contributed by atoms with Crippen molar-refractivity contribution in [2.24, 2.45) is 0 Å². The molecular formula is C21H18N6O3S. The Labute approximate surface area is 181 Å². The predicted octanol–water partition coefficient (Wildman–Crippen LogP) is 2.74. The quantitative estimate of drug-likeness (QED) is 0.445. The van der Waals surface area contributed by atoms with Gasteiger partial charge in [0.15, 0.2) is 16.9 Å². The number of aromatic nitrogens is 5. The minimum Gasteiger partial charge on any atom is -0.464 e. The summed E-state index contributed by atoms with van der Waals surface area (Å²) in [7, 11) is 1.30. The molecule has 0 radical (unpaired) electrons. The number of nitrogens with one attached hydrogen (secondary N) is 1. The molecule has 2 aromatic carbocycles. The zero-order chi connectivity index (χ0) is 21.6. The van der Waals surface area contributed by atoms with Crippen LogP contribution in [-0.2, 0) is 16.0 Å². The molecule has 0 saturated heterocycles. The van der Waals surface area contributed by atoms with Crippen LogP contribution in [0.2, 0.25) is 0 Å². The van der Waals surface area contributed by atoms with Crippen LogP contribution in [0.1, 0.15) is 32.5 Å². The molecule has 0 spiro atoms. The van der Waals surface area contributed by atoms with Gasteiger partial charge in [-0.2, -0.15) is 0 Å². The van der Waals surface area contributed by atoms with Crippen LogP contribution in [0.3, 0.4) is 0 Å². The van der Waals surface area contributed by atoms with Crippen LogP contribution in [0.4, 0.5) is 5.13 Å². The van der Waals surface area contributed by atoms with Crippen LogP contribution in [0.25, 0.3) is 0 Å². The molecule has 1 N–H and O–H groups in total. The van der Waals surface area contributed by atoms with Crippen molar-refractivity contribution in [1.29, 1.82) is 0 Å². The van der Waals surface area contributed by atoms with E-state index in [2.05, 4.69) is 25.8 Å². The van der Waals surface area contributed by atoms with Gasteiger partial charge in [-0.1, -0.05) is 60.7 Å². The van der Waals surface area contributed by atoms with Crippen molar-refractivity contribution in [3.8, 4) is 0 Å². The highest BCUT2D eigenvalue weighted by atomic mass is 32.1. The molecule has 0 aliphatic carbocycles. The Kier molecular flexibility index (Phi) is 6.08. The number of rotatable bonds is 7. The van der Waals surface area contributed by atoms with Crippen molar-refractivity contribution in [3.63, 3.8) is 0 Å². The van der Waals surface area contributed by atoms with Crippen molar-refractivity contribution in [2.45, 2.75) is 12.5 Å². The monoisotopic (exact) mass is 434 g/mol. The third-order valence-corrected chi connectivity index (χ3v) is 5.48. The lowest BCUT2D eigenvalue weighted by atomic mass is 10.1. The number of ether oxygens (including phenoxy) is 1. The molecule has 0 aliphatic rings. The Balaban J connectivity index is 1.63. The number of carbonyl (C=O) groups is 2. The topological polar surface area (TPSA) is 112 Å². The second-order valence-electron chi connectivity index (χ2n) is 6.54. The fourth-order valence-corrected chi connectivity index (χ4v) is 4.07. The number of thiazole rings is 1. The van der Waals surface area contributed by atoms with Crippen molar-refractivity contribution in [2.75, 3.05) is 12.4 Å². The highest BCUT2D eigenvalue weighted by Crippen LogP contribution is 2.28. The minimum atomic E-state index is -0.792. The number of nitrogens with zero attached hydrogens (tertiary/aromatic N) is 5. The van der Waals surface area contributed by atoms with Gasteiger partial charge >= 0.3 is 5.97 Å². The Morgan fingerprint density at radius 3 is 2.45 bits per heavy atom. The molecule has 1 atom stereocenters. The number of amides is 1. The summed E-state index contributed by atoms with van der Waals surface area (Å²) in [5.41, 5.74) is 1.91. The zero-order valence-electron chi connectivity index (χ0n) is 16.5. The third kappa shape index (κ3) is 4.64. The number of methoxy groups -OCH3 is 1. The summed E-state index contributed by atoms with van der Waals surface area (Å²) in [6.07, 6.45) is 1.87. The molecule has 4 aromatic rings. The van der Waals surface area contributed by atoms with Crippen LogP contribution < -0.4 is 5.32 Å². The molecule has 0 aliphatic heterocycles. The van der Waals surface area contributed by atoms with E-state index in [1.54, 1.807) is 0 Å². The first-order valence-corrected chi connectivity index (χ1v) is 10.2. The van der Waals surface area contributed by atoms with E-state index in [-0.39, 0.29) is 11.6 Å².